The third kappa shape index (κ3) is 4.80. The van der Waals surface area contributed by atoms with E-state index in [-0.39, 0.29) is 10.8 Å². The van der Waals surface area contributed by atoms with Crippen molar-refractivity contribution in [3.05, 3.63) is 65.7 Å². The smallest absolute Gasteiger partial charge is 0.248 e. The molecule has 0 bridgehead atoms. The number of aryl methyl sites for hydroxylation is 1. The molecule has 0 heterocycles. The Kier molecular flexibility index (Phi) is 6.71. The molecule has 0 saturated carbocycles. The SMILES string of the molecule is CCN(CC)S(=O)(=O)c1ccc(C)c(NC(=O)/C=C/c2ccccc2)c1. The molecule has 0 aromatic heterocycles. The number of carbonyl (C=O) groups is 1. The second kappa shape index (κ2) is 8.78. The van der Waals surface area contributed by atoms with Crippen molar-refractivity contribution in [2.45, 2.75) is 25.7 Å². The lowest BCUT2D eigenvalue weighted by molar-refractivity contribution is -0.111. The van der Waals surface area contributed by atoms with Gasteiger partial charge in [-0.2, -0.15) is 4.31 Å². The van der Waals surface area contributed by atoms with Gasteiger partial charge in [0.15, 0.2) is 0 Å². The zero-order chi connectivity index (χ0) is 19.2. The summed E-state index contributed by atoms with van der Waals surface area (Å²) in [4.78, 5) is 12.4. The number of amides is 1. The van der Waals surface area contributed by atoms with E-state index in [1.807, 2.05) is 37.3 Å². The van der Waals surface area contributed by atoms with Crippen LogP contribution in [0.15, 0.2) is 59.5 Å². The second-order valence-electron chi connectivity index (χ2n) is 5.80. The Hall–Kier alpha value is -2.44. The Labute approximate surface area is 155 Å². The van der Waals surface area contributed by atoms with Crippen molar-refractivity contribution in [2.75, 3.05) is 18.4 Å². The van der Waals surface area contributed by atoms with Gasteiger partial charge in [-0.25, -0.2) is 8.42 Å². The standard InChI is InChI=1S/C20H24N2O3S/c1-4-22(5-2)26(24,25)18-13-11-16(3)19(15-18)21-20(23)14-12-17-9-7-6-8-10-17/h6-15H,4-5H2,1-3H3,(H,21,23)/b14-12+. The zero-order valence-electron chi connectivity index (χ0n) is 15.3. The highest BCUT2D eigenvalue weighted by atomic mass is 32.2. The van der Waals surface area contributed by atoms with Gasteiger partial charge in [0.05, 0.1) is 4.90 Å². The first-order valence-corrected chi connectivity index (χ1v) is 9.97. The summed E-state index contributed by atoms with van der Waals surface area (Å²) < 4.78 is 26.7. The molecule has 5 nitrogen and oxygen atoms in total. The number of sulfonamides is 1. The number of benzene rings is 2. The summed E-state index contributed by atoms with van der Waals surface area (Å²) in [5, 5.41) is 2.76. The van der Waals surface area contributed by atoms with Crippen molar-refractivity contribution < 1.29 is 13.2 Å². The van der Waals surface area contributed by atoms with Crippen LogP contribution in [0, 0.1) is 6.92 Å². The van der Waals surface area contributed by atoms with Crippen LogP contribution < -0.4 is 5.32 Å². The maximum Gasteiger partial charge on any atom is 0.248 e. The fraction of sp³-hybridized carbons (Fsp3) is 0.250. The van der Waals surface area contributed by atoms with E-state index < -0.39 is 10.0 Å². The van der Waals surface area contributed by atoms with E-state index in [1.54, 1.807) is 32.1 Å². The van der Waals surface area contributed by atoms with Crippen LogP contribution in [0.3, 0.4) is 0 Å². The molecule has 0 aliphatic rings. The van der Waals surface area contributed by atoms with E-state index in [0.717, 1.165) is 11.1 Å². The second-order valence-corrected chi connectivity index (χ2v) is 7.74. The van der Waals surface area contributed by atoms with E-state index in [2.05, 4.69) is 5.32 Å². The van der Waals surface area contributed by atoms with Crippen LogP contribution in [0.1, 0.15) is 25.0 Å². The fourth-order valence-electron chi connectivity index (χ4n) is 2.52. The number of hydrogen-bond acceptors (Lipinski definition) is 3. The van der Waals surface area contributed by atoms with E-state index in [9.17, 15) is 13.2 Å². The Bertz CT molecular complexity index is 887. The van der Waals surface area contributed by atoms with Crippen molar-refractivity contribution in [3.63, 3.8) is 0 Å². The molecule has 2 rings (SSSR count). The predicted octanol–water partition coefficient (Wildman–Crippen LogP) is 3.68. The third-order valence-electron chi connectivity index (χ3n) is 4.04. The lowest BCUT2D eigenvalue weighted by Crippen LogP contribution is -2.30. The molecule has 138 valence electrons. The highest BCUT2D eigenvalue weighted by molar-refractivity contribution is 7.89. The maximum atomic E-state index is 12.7. The lowest BCUT2D eigenvalue weighted by atomic mass is 10.2. The Morgan fingerprint density at radius 1 is 1.08 bits per heavy atom. The number of hydrogen-bond donors (Lipinski definition) is 1. The summed E-state index contributed by atoms with van der Waals surface area (Å²) >= 11 is 0. The van der Waals surface area contributed by atoms with Gasteiger partial charge in [-0.3, -0.25) is 4.79 Å². The number of anilines is 1. The molecule has 1 amide bonds. The molecular weight excluding hydrogens is 348 g/mol. The molecule has 2 aromatic rings. The molecule has 0 unspecified atom stereocenters. The quantitative estimate of drug-likeness (QED) is 0.754. The van der Waals surface area contributed by atoms with Crippen molar-refractivity contribution in [1.29, 1.82) is 0 Å². The van der Waals surface area contributed by atoms with Crippen LogP contribution in [0.4, 0.5) is 5.69 Å². The van der Waals surface area contributed by atoms with Gasteiger partial charge in [0.1, 0.15) is 0 Å². The topological polar surface area (TPSA) is 66.5 Å². The summed E-state index contributed by atoms with van der Waals surface area (Å²) in [5.41, 5.74) is 2.20. The lowest BCUT2D eigenvalue weighted by Gasteiger charge is -2.19. The molecule has 0 aliphatic heterocycles. The van der Waals surface area contributed by atoms with Crippen LogP contribution >= 0.6 is 0 Å². The first-order valence-electron chi connectivity index (χ1n) is 8.53. The first kappa shape index (κ1) is 19.9. The largest absolute Gasteiger partial charge is 0.322 e. The molecule has 26 heavy (non-hydrogen) atoms. The summed E-state index contributed by atoms with van der Waals surface area (Å²) in [7, 11) is -3.57. The highest BCUT2D eigenvalue weighted by Crippen LogP contribution is 2.23. The molecule has 0 saturated heterocycles. The van der Waals surface area contributed by atoms with Crippen molar-refractivity contribution in [2.24, 2.45) is 0 Å². The Morgan fingerprint density at radius 3 is 2.35 bits per heavy atom. The van der Waals surface area contributed by atoms with E-state index in [4.69, 9.17) is 0 Å². The molecule has 0 aliphatic carbocycles. The Balaban J connectivity index is 2.22. The van der Waals surface area contributed by atoms with Gasteiger partial charge in [-0.05, 0) is 36.3 Å². The van der Waals surface area contributed by atoms with Gasteiger partial charge in [0.25, 0.3) is 0 Å². The number of carbonyl (C=O) groups excluding carboxylic acids is 1. The third-order valence-corrected chi connectivity index (χ3v) is 6.08. The number of nitrogens with zero attached hydrogens (tertiary/aromatic N) is 1. The van der Waals surface area contributed by atoms with Gasteiger partial charge in [-0.15, -0.1) is 0 Å². The Morgan fingerprint density at radius 2 is 1.73 bits per heavy atom. The van der Waals surface area contributed by atoms with Gasteiger partial charge in [0, 0.05) is 24.9 Å². The summed E-state index contributed by atoms with van der Waals surface area (Å²) in [6.07, 6.45) is 3.14. The average Bonchev–Trinajstić information content (AvgIpc) is 2.63. The zero-order valence-corrected chi connectivity index (χ0v) is 16.1. The molecule has 6 heteroatoms. The van der Waals surface area contributed by atoms with Gasteiger partial charge < -0.3 is 5.32 Å². The maximum absolute atomic E-state index is 12.7. The molecule has 0 spiro atoms. The average molecular weight is 372 g/mol. The predicted molar refractivity (Wildman–Crippen MR) is 105 cm³/mol. The molecule has 1 N–H and O–H groups in total. The van der Waals surface area contributed by atoms with Gasteiger partial charge in [0.2, 0.25) is 15.9 Å². The summed E-state index contributed by atoms with van der Waals surface area (Å²) in [6.45, 7) is 6.21. The van der Waals surface area contributed by atoms with Crippen LogP contribution in [0.5, 0.6) is 0 Å². The molecule has 0 radical (unpaired) electrons. The van der Waals surface area contributed by atoms with E-state index in [0.29, 0.717) is 18.8 Å². The number of nitrogens with one attached hydrogen (secondary N) is 1. The highest BCUT2D eigenvalue weighted by Gasteiger charge is 2.22. The minimum atomic E-state index is -3.57. The van der Waals surface area contributed by atoms with Crippen LogP contribution in [0.2, 0.25) is 0 Å². The first-order chi connectivity index (χ1) is 12.4. The van der Waals surface area contributed by atoms with Crippen molar-refractivity contribution in [1.82, 2.24) is 4.31 Å². The number of rotatable bonds is 7. The monoisotopic (exact) mass is 372 g/mol. The van der Waals surface area contributed by atoms with Gasteiger partial charge >= 0.3 is 0 Å². The summed E-state index contributed by atoms with van der Waals surface area (Å²) in [6, 6.07) is 14.3. The van der Waals surface area contributed by atoms with Crippen molar-refractivity contribution >= 4 is 27.7 Å². The molecular formula is C20H24N2O3S. The minimum absolute atomic E-state index is 0.175. The fourth-order valence-corrected chi connectivity index (χ4v) is 4.00. The van der Waals surface area contributed by atoms with Gasteiger partial charge in [-0.1, -0.05) is 50.2 Å². The van der Waals surface area contributed by atoms with E-state index in [1.165, 1.54) is 16.4 Å². The molecule has 0 fully saturated rings. The van der Waals surface area contributed by atoms with E-state index >= 15 is 0 Å². The normalized spacial score (nSPS) is 11.8. The molecule has 0 atom stereocenters. The van der Waals surface area contributed by atoms with Crippen LogP contribution in [-0.2, 0) is 14.8 Å². The minimum Gasteiger partial charge on any atom is -0.322 e. The van der Waals surface area contributed by atoms with Crippen molar-refractivity contribution in [3.8, 4) is 0 Å². The molecule has 2 aromatic carbocycles. The van der Waals surface area contributed by atoms with Crippen LogP contribution in [0.25, 0.3) is 6.08 Å². The van der Waals surface area contributed by atoms with Crippen LogP contribution in [-0.4, -0.2) is 31.7 Å². The summed E-state index contributed by atoms with van der Waals surface area (Å²) in [5.74, 6) is -0.311.